The van der Waals surface area contributed by atoms with Gasteiger partial charge in [-0.3, -0.25) is 4.79 Å². The topological polar surface area (TPSA) is 44.4 Å². The van der Waals surface area contributed by atoms with Crippen molar-refractivity contribution in [3.63, 3.8) is 0 Å². The van der Waals surface area contributed by atoms with Gasteiger partial charge in [0.2, 0.25) is 5.91 Å². The summed E-state index contributed by atoms with van der Waals surface area (Å²) < 4.78 is 0. The zero-order valence-electron chi connectivity index (χ0n) is 11.8. The van der Waals surface area contributed by atoms with E-state index < -0.39 is 0 Å². The maximum Gasteiger partial charge on any atom is 0.227 e. The summed E-state index contributed by atoms with van der Waals surface area (Å²) in [5, 5.41) is 6.29. The van der Waals surface area contributed by atoms with Crippen LogP contribution in [0.15, 0.2) is 24.3 Å². The molecule has 1 amide bonds. The van der Waals surface area contributed by atoms with Crippen LogP contribution in [0.4, 0.5) is 5.69 Å². The summed E-state index contributed by atoms with van der Waals surface area (Å²) in [6, 6.07) is 8.10. The Morgan fingerprint density at radius 3 is 2.47 bits per heavy atom. The van der Waals surface area contributed by atoms with Crippen LogP contribution < -0.4 is 10.6 Å². The number of nitrogens with one attached hydrogen (secondary N) is 2. The SMILES string of the molecule is CN(C)Cc1ccc(NC(=O)C2CCNCC2)cc1. The first-order valence-electron chi connectivity index (χ1n) is 6.90. The van der Waals surface area contributed by atoms with Gasteiger partial charge in [0, 0.05) is 18.2 Å². The number of nitrogens with zero attached hydrogens (tertiary/aromatic N) is 1. The Morgan fingerprint density at radius 2 is 1.89 bits per heavy atom. The van der Waals surface area contributed by atoms with Gasteiger partial charge < -0.3 is 15.5 Å². The minimum atomic E-state index is 0.154. The van der Waals surface area contributed by atoms with Gasteiger partial charge in [0.15, 0.2) is 0 Å². The fraction of sp³-hybridized carbons (Fsp3) is 0.533. The Balaban J connectivity index is 1.89. The van der Waals surface area contributed by atoms with E-state index in [4.69, 9.17) is 0 Å². The molecule has 2 rings (SSSR count). The molecule has 0 bridgehead atoms. The first-order valence-corrected chi connectivity index (χ1v) is 6.90. The third kappa shape index (κ3) is 4.33. The molecule has 2 N–H and O–H groups in total. The Labute approximate surface area is 115 Å². The van der Waals surface area contributed by atoms with Gasteiger partial charge in [-0.05, 0) is 57.7 Å². The van der Waals surface area contributed by atoms with E-state index in [2.05, 4.69) is 27.7 Å². The van der Waals surface area contributed by atoms with Gasteiger partial charge in [-0.1, -0.05) is 12.1 Å². The summed E-state index contributed by atoms with van der Waals surface area (Å²) in [4.78, 5) is 14.2. The highest BCUT2D eigenvalue weighted by atomic mass is 16.1. The molecule has 4 heteroatoms. The predicted molar refractivity (Wildman–Crippen MR) is 78.1 cm³/mol. The number of hydrogen-bond acceptors (Lipinski definition) is 3. The van der Waals surface area contributed by atoms with Gasteiger partial charge in [0.1, 0.15) is 0 Å². The van der Waals surface area contributed by atoms with Crippen molar-refractivity contribution in [2.75, 3.05) is 32.5 Å². The van der Waals surface area contributed by atoms with Gasteiger partial charge in [-0.15, -0.1) is 0 Å². The molecule has 1 aliphatic heterocycles. The fourth-order valence-electron chi connectivity index (χ4n) is 2.39. The van der Waals surface area contributed by atoms with Crippen LogP contribution in [0.5, 0.6) is 0 Å². The first-order chi connectivity index (χ1) is 9.15. The molecule has 0 saturated carbocycles. The summed E-state index contributed by atoms with van der Waals surface area (Å²) in [5.41, 5.74) is 2.15. The minimum absolute atomic E-state index is 0.154. The van der Waals surface area contributed by atoms with Crippen molar-refractivity contribution < 1.29 is 4.79 Å². The Hall–Kier alpha value is -1.39. The predicted octanol–water partition coefficient (Wildman–Crippen LogP) is 1.69. The largest absolute Gasteiger partial charge is 0.326 e. The van der Waals surface area contributed by atoms with Gasteiger partial charge in [0.05, 0.1) is 0 Å². The third-order valence-corrected chi connectivity index (χ3v) is 3.43. The van der Waals surface area contributed by atoms with E-state index >= 15 is 0 Å². The van der Waals surface area contributed by atoms with Crippen LogP contribution in [0.3, 0.4) is 0 Å². The Morgan fingerprint density at radius 1 is 1.26 bits per heavy atom. The van der Waals surface area contributed by atoms with E-state index in [9.17, 15) is 4.79 Å². The standard InChI is InChI=1S/C15H23N3O/c1-18(2)11-12-3-5-14(6-4-12)17-15(19)13-7-9-16-10-8-13/h3-6,13,16H,7-11H2,1-2H3,(H,17,19). The zero-order valence-corrected chi connectivity index (χ0v) is 11.8. The number of rotatable bonds is 4. The molecule has 104 valence electrons. The molecular formula is C15H23N3O. The molecule has 0 aromatic heterocycles. The number of carbonyl (C=O) groups is 1. The van der Waals surface area contributed by atoms with Gasteiger partial charge in [0.25, 0.3) is 0 Å². The smallest absolute Gasteiger partial charge is 0.227 e. The number of carbonyl (C=O) groups excluding carboxylic acids is 1. The molecule has 0 radical (unpaired) electrons. The molecule has 0 aliphatic carbocycles. The molecule has 1 saturated heterocycles. The Bertz CT molecular complexity index is 408. The summed E-state index contributed by atoms with van der Waals surface area (Å²) >= 11 is 0. The van der Waals surface area contributed by atoms with Crippen LogP contribution in [-0.2, 0) is 11.3 Å². The molecule has 1 fully saturated rings. The zero-order chi connectivity index (χ0) is 13.7. The van der Waals surface area contributed by atoms with Crippen molar-refractivity contribution in [2.24, 2.45) is 5.92 Å². The van der Waals surface area contributed by atoms with Crippen molar-refractivity contribution in [3.8, 4) is 0 Å². The monoisotopic (exact) mass is 261 g/mol. The number of benzene rings is 1. The minimum Gasteiger partial charge on any atom is -0.326 e. The summed E-state index contributed by atoms with van der Waals surface area (Å²) in [5.74, 6) is 0.310. The highest BCUT2D eigenvalue weighted by Crippen LogP contribution is 2.16. The molecule has 0 atom stereocenters. The number of piperidine rings is 1. The van der Waals surface area contributed by atoms with Crippen LogP contribution in [-0.4, -0.2) is 38.0 Å². The van der Waals surface area contributed by atoms with E-state index in [0.717, 1.165) is 38.2 Å². The van der Waals surface area contributed by atoms with E-state index in [1.54, 1.807) is 0 Å². The maximum absolute atomic E-state index is 12.1. The second-order valence-corrected chi connectivity index (χ2v) is 5.45. The van der Waals surface area contributed by atoms with Crippen LogP contribution >= 0.6 is 0 Å². The molecule has 0 unspecified atom stereocenters. The average Bonchev–Trinajstić information content (AvgIpc) is 2.41. The number of amides is 1. The number of anilines is 1. The lowest BCUT2D eigenvalue weighted by atomic mass is 9.97. The van der Waals surface area contributed by atoms with Crippen molar-refractivity contribution >= 4 is 11.6 Å². The Kier molecular flexibility index (Phi) is 4.93. The van der Waals surface area contributed by atoms with E-state index in [1.165, 1.54) is 5.56 Å². The van der Waals surface area contributed by atoms with Crippen LogP contribution in [0.25, 0.3) is 0 Å². The highest BCUT2D eigenvalue weighted by Gasteiger charge is 2.20. The third-order valence-electron chi connectivity index (χ3n) is 3.43. The fourth-order valence-corrected chi connectivity index (χ4v) is 2.39. The summed E-state index contributed by atoms with van der Waals surface area (Å²) in [6.07, 6.45) is 1.87. The average molecular weight is 261 g/mol. The second kappa shape index (κ2) is 6.68. The van der Waals surface area contributed by atoms with Crippen molar-refractivity contribution in [1.82, 2.24) is 10.2 Å². The van der Waals surface area contributed by atoms with Crippen LogP contribution in [0, 0.1) is 5.92 Å². The molecule has 1 aromatic carbocycles. The van der Waals surface area contributed by atoms with Crippen LogP contribution in [0.2, 0.25) is 0 Å². The second-order valence-electron chi connectivity index (χ2n) is 5.45. The van der Waals surface area contributed by atoms with Gasteiger partial charge >= 0.3 is 0 Å². The summed E-state index contributed by atoms with van der Waals surface area (Å²) in [7, 11) is 4.10. The van der Waals surface area contributed by atoms with Crippen molar-refractivity contribution in [2.45, 2.75) is 19.4 Å². The first kappa shape index (κ1) is 14.0. The van der Waals surface area contributed by atoms with Crippen molar-refractivity contribution in [3.05, 3.63) is 29.8 Å². The van der Waals surface area contributed by atoms with E-state index in [-0.39, 0.29) is 11.8 Å². The molecule has 4 nitrogen and oxygen atoms in total. The van der Waals surface area contributed by atoms with Crippen LogP contribution in [0.1, 0.15) is 18.4 Å². The normalized spacial score (nSPS) is 16.6. The quantitative estimate of drug-likeness (QED) is 0.867. The van der Waals surface area contributed by atoms with Crippen molar-refractivity contribution in [1.29, 1.82) is 0 Å². The lowest BCUT2D eigenvalue weighted by Crippen LogP contribution is -2.34. The molecule has 1 aliphatic rings. The molecule has 0 spiro atoms. The molecule has 19 heavy (non-hydrogen) atoms. The maximum atomic E-state index is 12.1. The highest BCUT2D eigenvalue weighted by molar-refractivity contribution is 5.92. The molecular weight excluding hydrogens is 238 g/mol. The lowest BCUT2D eigenvalue weighted by molar-refractivity contribution is -0.120. The lowest BCUT2D eigenvalue weighted by Gasteiger charge is -2.21. The van der Waals surface area contributed by atoms with Gasteiger partial charge in [-0.25, -0.2) is 0 Å². The van der Waals surface area contributed by atoms with Gasteiger partial charge in [-0.2, -0.15) is 0 Å². The summed E-state index contributed by atoms with van der Waals surface area (Å²) in [6.45, 7) is 2.81. The molecule has 1 heterocycles. The number of hydrogen-bond donors (Lipinski definition) is 2. The van der Waals surface area contributed by atoms with E-state index in [0.29, 0.717) is 0 Å². The van der Waals surface area contributed by atoms with E-state index in [1.807, 2.05) is 26.2 Å². The molecule has 1 aromatic rings.